The molecule has 4 aromatic rings. The maximum atomic E-state index is 12.5. The van der Waals surface area contributed by atoms with Gasteiger partial charge in [-0.15, -0.1) is 0 Å². The molecule has 29 heavy (non-hydrogen) atoms. The lowest BCUT2D eigenvalue weighted by Crippen LogP contribution is -2.14. The van der Waals surface area contributed by atoms with Gasteiger partial charge in [-0.2, -0.15) is 5.10 Å². The number of hydrogen-bond donors (Lipinski definition) is 1. The van der Waals surface area contributed by atoms with Crippen molar-refractivity contribution >= 4 is 39.1 Å². The van der Waals surface area contributed by atoms with Gasteiger partial charge in [-0.05, 0) is 40.2 Å². The van der Waals surface area contributed by atoms with E-state index in [4.69, 9.17) is 16.0 Å². The number of anilines is 1. The van der Waals surface area contributed by atoms with E-state index in [-0.39, 0.29) is 12.3 Å². The number of carbonyl (C=O) groups is 1. The summed E-state index contributed by atoms with van der Waals surface area (Å²) in [4.78, 5) is 16.7. The van der Waals surface area contributed by atoms with E-state index in [9.17, 15) is 4.79 Å². The summed E-state index contributed by atoms with van der Waals surface area (Å²) >= 11 is 9.57. The largest absolute Gasteiger partial charge is 0.441 e. The van der Waals surface area contributed by atoms with E-state index < -0.39 is 0 Å². The molecule has 0 aliphatic carbocycles. The van der Waals surface area contributed by atoms with Crippen LogP contribution in [0.2, 0.25) is 5.02 Å². The predicted molar refractivity (Wildman–Crippen MR) is 115 cm³/mol. The number of para-hydroxylation sites is 2. The van der Waals surface area contributed by atoms with Crippen LogP contribution in [0.3, 0.4) is 0 Å². The second-order valence-electron chi connectivity index (χ2n) is 6.27. The highest BCUT2D eigenvalue weighted by atomic mass is 79.9. The first-order valence-electron chi connectivity index (χ1n) is 8.89. The number of amides is 1. The smallest absolute Gasteiger partial charge is 0.224 e. The average Bonchev–Trinajstić information content (AvgIpc) is 3.36. The van der Waals surface area contributed by atoms with E-state index in [2.05, 4.69) is 31.3 Å². The quantitative estimate of drug-likeness (QED) is 0.402. The third kappa shape index (κ3) is 4.58. The van der Waals surface area contributed by atoms with Crippen molar-refractivity contribution in [3.05, 3.63) is 82.5 Å². The molecule has 1 N–H and O–H groups in total. The molecule has 0 bridgehead atoms. The molecule has 2 aromatic heterocycles. The number of oxazole rings is 1. The van der Waals surface area contributed by atoms with Crippen molar-refractivity contribution < 1.29 is 9.21 Å². The summed E-state index contributed by atoms with van der Waals surface area (Å²) in [7, 11) is 0. The van der Waals surface area contributed by atoms with Crippen molar-refractivity contribution in [2.45, 2.75) is 12.8 Å². The molecule has 0 spiro atoms. The summed E-state index contributed by atoms with van der Waals surface area (Å²) in [5, 5.41) is 7.79. The van der Waals surface area contributed by atoms with E-state index in [1.807, 2.05) is 48.7 Å². The lowest BCUT2D eigenvalue weighted by atomic mass is 10.2. The second kappa shape index (κ2) is 8.63. The summed E-state index contributed by atoms with van der Waals surface area (Å²) in [5.74, 6) is 0.932. The summed E-state index contributed by atoms with van der Waals surface area (Å²) in [5.41, 5.74) is 2.23. The van der Waals surface area contributed by atoms with Crippen molar-refractivity contribution in [3.8, 4) is 17.0 Å². The number of nitrogens with one attached hydrogen (secondary N) is 1. The number of aromatic nitrogens is 3. The van der Waals surface area contributed by atoms with Crippen LogP contribution in [0, 0.1) is 0 Å². The summed E-state index contributed by atoms with van der Waals surface area (Å²) in [6.07, 6.45) is 5.76. The number of benzene rings is 2. The fourth-order valence-corrected chi connectivity index (χ4v) is 3.37. The SMILES string of the molecule is O=C(CCc1ncc(-c2ccccc2Cl)o1)Nc1ccccc1-n1cc(Br)cn1. The molecule has 146 valence electrons. The van der Waals surface area contributed by atoms with Crippen molar-refractivity contribution in [1.82, 2.24) is 14.8 Å². The van der Waals surface area contributed by atoms with Crippen LogP contribution in [-0.4, -0.2) is 20.7 Å². The van der Waals surface area contributed by atoms with Crippen LogP contribution in [0.15, 0.2) is 76.0 Å². The molecule has 4 rings (SSSR count). The number of hydrogen-bond acceptors (Lipinski definition) is 4. The molecule has 2 aromatic carbocycles. The number of aryl methyl sites for hydroxylation is 1. The van der Waals surface area contributed by atoms with Crippen LogP contribution in [0.1, 0.15) is 12.3 Å². The van der Waals surface area contributed by atoms with Gasteiger partial charge in [0, 0.05) is 24.6 Å². The van der Waals surface area contributed by atoms with Gasteiger partial charge < -0.3 is 9.73 Å². The Balaban J connectivity index is 1.41. The second-order valence-corrected chi connectivity index (χ2v) is 7.59. The Bertz CT molecular complexity index is 1150. The Hall–Kier alpha value is -2.90. The van der Waals surface area contributed by atoms with E-state index in [0.717, 1.165) is 15.7 Å². The molecule has 0 radical (unpaired) electrons. The van der Waals surface area contributed by atoms with Crippen LogP contribution < -0.4 is 5.32 Å². The fourth-order valence-electron chi connectivity index (χ4n) is 2.86. The molecule has 6 nitrogen and oxygen atoms in total. The summed E-state index contributed by atoms with van der Waals surface area (Å²) < 4.78 is 8.31. The Kier molecular flexibility index (Phi) is 5.78. The van der Waals surface area contributed by atoms with Gasteiger partial charge in [0.25, 0.3) is 0 Å². The molecule has 0 aliphatic heterocycles. The predicted octanol–water partition coefficient (Wildman–Crippen LogP) is 5.51. The van der Waals surface area contributed by atoms with Crippen molar-refractivity contribution in [1.29, 1.82) is 0 Å². The first kappa shape index (κ1) is 19.4. The molecular weight excluding hydrogens is 456 g/mol. The lowest BCUT2D eigenvalue weighted by Gasteiger charge is -2.10. The van der Waals surface area contributed by atoms with Gasteiger partial charge in [-0.3, -0.25) is 4.79 Å². The molecule has 1 amide bonds. The highest BCUT2D eigenvalue weighted by molar-refractivity contribution is 9.10. The van der Waals surface area contributed by atoms with Gasteiger partial charge in [-0.1, -0.05) is 35.9 Å². The summed E-state index contributed by atoms with van der Waals surface area (Å²) in [6.45, 7) is 0. The molecule has 0 saturated heterocycles. The van der Waals surface area contributed by atoms with Crippen molar-refractivity contribution in [2.24, 2.45) is 0 Å². The van der Waals surface area contributed by atoms with Gasteiger partial charge in [0.1, 0.15) is 0 Å². The highest BCUT2D eigenvalue weighted by Crippen LogP contribution is 2.28. The van der Waals surface area contributed by atoms with Crippen LogP contribution in [0.25, 0.3) is 17.0 Å². The van der Waals surface area contributed by atoms with Crippen LogP contribution >= 0.6 is 27.5 Å². The first-order chi connectivity index (χ1) is 14.1. The van der Waals surface area contributed by atoms with Gasteiger partial charge in [0.2, 0.25) is 5.91 Å². The van der Waals surface area contributed by atoms with Crippen molar-refractivity contribution in [2.75, 3.05) is 5.32 Å². The van der Waals surface area contributed by atoms with Gasteiger partial charge >= 0.3 is 0 Å². The normalized spacial score (nSPS) is 10.8. The van der Waals surface area contributed by atoms with E-state index >= 15 is 0 Å². The third-order valence-electron chi connectivity index (χ3n) is 4.23. The van der Waals surface area contributed by atoms with Gasteiger partial charge in [0.15, 0.2) is 11.7 Å². The standard InChI is InChI=1S/C21H16BrClN4O2/c22-14-11-25-27(13-14)18-8-4-3-7-17(18)26-20(28)9-10-21-24-12-19(29-21)15-5-1-2-6-16(15)23/h1-8,11-13H,9-10H2,(H,26,28). The van der Waals surface area contributed by atoms with Gasteiger partial charge in [0.05, 0.1) is 33.3 Å². The Labute approximate surface area is 180 Å². The number of nitrogens with zero attached hydrogens (tertiary/aromatic N) is 3. The van der Waals surface area contributed by atoms with Gasteiger partial charge in [-0.25, -0.2) is 9.67 Å². The number of halogens is 2. The molecule has 0 unspecified atom stereocenters. The molecular formula is C21H16BrClN4O2. The van der Waals surface area contributed by atoms with Crippen LogP contribution in [0.4, 0.5) is 5.69 Å². The minimum atomic E-state index is -0.138. The molecule has 2 heterocycles. The van der Waals surface area contributed by atoms with Crippen molar-refractivity contribution in [3.63, 3.8) is 0 Å². The topological polar surface area (TPSA) is 73.0 Å². The number of carbonyl (C=O) groups excluding carboxylic acids is 1. The van der Waals surface area contributed by atoms with E-state index in [1.54, 1.807) is 23.1 Å². The zero-order chi connectivity index (χ0) is 20.2. The third-order valence-corrected chi connectivity index (χ3v) is 4.97. The molecule has 0 saturated carbocycles. The Morgan fingerprint density at radius 3 is 2.72 bits per heavy atom. The zero-order valence-electron chi connectivity index (χ0n) is 15.2. The number of rotatable bonds is 6. The maximum Gasteiger partial charge on any atom is 0.224 e. The monoisotopic (exact) mass is 470 g/mol. The molecule has 8 heteroatoms. The fraction of sp³-hybridized carbons (Fsp3) is 0.0952. The zero-order valence-corrected chi connectivity index (χ0v) is 17.5. The van der Waals surface area contributed by atoms with Crippen LogP contribution in [-0.2, 0) is 11.2 Å². The molecule has 0 fully saturated rings. The lowest BCUT2D eigenvalue weighted by molar-refractivity contribution is -0.116. The molecule has 0 aliphatic rings. The Morgan fingerprint density at radius 2 is 1.93 bits per heavy atom. The van der Waals surface area contributed by atoms with Crippen LogP contribution in [0.5, 0.6) is 0 Å². The Morgan fingerprint density at radius 1 is 1.14 bits per heavy atom. The van der Waals surface area contributed by atoms with E-state index in [1.165, 1.54) is 0 Å². The van der Waals surface area contributed by atoms with E-state index in [0.29, 0.717) is 28.8 Å². The highest BCUT2D eigenvalue weighted by Gasteiger charge is 2.13. The molecule has 0 atom stereocenters. The first-order valence-corrected chi connectivity index (χ1v) is 10.1. The minimum Gasteiger partial charge on any atom is -0.441 e. The average molecular weight is 472 g/mol. The summed E-state index contributed by atoms with van der Waals surface area (Å²) in [6, 6.07) is 14.9. The maximum absolute atomic E-state index is 12.5. The minimum absolute atomic E-state index is 0.138.